The average molecular weight is 327 g/mol. The fraction of sp³-hybridized carbons (Fsp3) is 0.600. The van der Waals surface area contributed by atoms with Crippen LogP contribution in [0, 0.1) is 5.92 Å². The van der Waals surface area contributed by atoms with E-state index in [0.29, 0.717) is 18.5 Å². The van der Waals surface area contributed by atoms with Gasteiger partial charge in [0, 0.05) is 30.2 Å². The first-order valence-corrected chi connectivity index (χ1v) is 7.73. The fourth-order valence-corrected chi connectivity index (χ4v) is 3.22. The number of rotatable bonds is 5. The van der Waals surface area contributed by atoms with Crippen LogP contribution in [0.5, 0.6) is 0 Å². The molecule has 0 spiro atoms. The first-order chi connectivity index (χ1) is 9.22. The predicted molar refractivity (Wildman–Crippen MR) is 82.0 cm³/mol. The van der Waals surface area contributed by atoms with Gasteiger partial charge in [-0.15, -0.1) is 0 Å². The molecule has 4 heteroatoms. The van der Waals surface area contributed by atoms with E-state index in [1.54, 1.807) is 0 Å². The van der Waals surface area contributed by atoms with Crippen LogP contribution in [0.3, 0.4) is 0 Å². The quantitative estimate of drug-likeness (QED) is 0.904. The molecule has 2 N–H and O–H groups in total. The van der Waals surface area contributed by atoms with Gasteiger partial charge >= 0.3 is 0 Å². The lowest BCUT2D eigenvalue weighted by Crippen LogP contribution is -2.45. The molecular formula is C15H23BrN2O. The van der Waals surface area contributed by atoms with E-state index in [-0.39, 0.29) is 0 Å². The zero-order valence-electron chi connectivity index (χ0n) is 11.5. The second-order valence-electron chi connectivity index (χ2n) is 5.29. The molecule has 0 aliphatic carbocycles. The van der Waals surface area contributed by atoms with Gasteiger partial charge in [-0.25, -0.2) is 0 Å². The third-order valence-corrected chi connectivity index (χ3v) is 4.70. The molecule has 1 aromatic carbocycles. The molecule has 1 saturated heterocycles. The second-order valence-corrected chi connectivity index (χ2v) is 6.14. The highest BCUT2D eigenvalue weighted by Gasteiger charge is 2.26. The van der Waals surface area contributed by atoms with Crippen LogP contribution >= 0.6 is 15.9 Å². The monoisotopic (exact) mass is 326 g/mol. The van der Waals surface area contributed by atoms with E-state index in [1.165, 1.54) is 12.0 Å². The molecule has 2 rings (SSSR count). The first kappa shape index (κ1) is 15.0. The van der Waals surface area contributed by atoms with E-state index >= 15 is 0 Å². The highest BCUT2D eigenvalue weighted by Crippen LogP contribution is 2.23. The number of halogens is 1. The number of hydrogen-bond donors (Lipinski definition) is 1. The third kappa shape index (κ3) is 4.02. The van der Waals surface area contributed by atoms with E-state index in [0.717, 1.165) is 30.7 Å². The molecule has 1 fully saturated rings. The number of ether oxygens (including phenoxy) is 1. The Bertz CT molecular complexity index is 393. The Hall–Kier alpha value is -0.420. The Morgan fingerprint density at radius 2 is 2.26 bits per heavy atom. The van der Waals surface area contributed by atoms with E-state index < -0.39 is 0 Å². The van der Waals surface area contributed by atoms with Gasteiger partial charge in [-0.2, -0.15) is 0 Å². The van der Waals surface area contributed by atoms with Gasteiger partial charge in [0.2, 0.25) is 0 Å². The molecule has 0 amide bonds. The Morgan fingerprint density at radius 1 is 1.47 bits per heavy atom. The van der Waals surface area contributed by atoms with E-state index in [1.807, 2.05) is 6.07 Å². The summed E-state index contributed by atoms with van der Waals surface area (Å²) in [6, 6.07) is 8.76. The maximum Gasteiger partial charge on any atom is 0.0509 e. The van der Waals surface area contributed by atoms with Gasteiger partial charge in [-0.1, -0.05) is 34.1 Å². The smallest absolute Gasteiger partial charge is 0.0509 e. The molecule has 1 aliphatic heterocycles. The minimum Gasteiger partial charge on any atom is -0.381 e. The third-order valence-electron chi connectivity index (χ3n) is 3.92. The molecule has 2 unspecified atom stereocenters. The predicted octanol–water partition coefficient (Wildman–Crippen LogP) is 2.63. The van der Waals surface area contributed by atoms with E-state index in [2.05, 4.69) is 46.1 Å². The molecule has 0 aromatic heterocycles. The highest BCUT2D eigenvalue weighted by atomic mass is 79.9. The molecule has 0 radical (unpaired) electrons. The Labute approximate surface area is 124 Å². The zero-order chi connectivity index (χ0) is 13.7. The van der Waals surface area contributed by atoms with Crippen LogP contribution in [-0.2, 0) is 11.3 Å². The summed E-state index contributed by atoms with van der Waals surface area (Å²) < 4.78 is 6.76. The van der Waals surface area contributed by atoms with Crippen LogP contribution in [0.1, 0.15) is 18.4 Å². The van der Waals surface area contributed by atoms with E-state index in [9.17, 15) is 0 Å². The Morgan fingerprint density at radius 3 is 2.89 bits per heavy atom. The summed E-state index contributed by atoms with van der Waals surface area (Å²) >= 11 is 3.61. The molecule has 106 valence electrons. The number of hydrogen-bond acceptors (Lipinski definition) is 3. The van der Waals surface area contributed by atoms with Crippen molar-refractivity contribution in [2.45, 2.75) is 25.4 Å². The van der Waals surface area contributed by atoms with Crippen LogP contribution in [-0.4, -0.2) is 37.7 Å². The van der Waals surface area contributed by atoms with Crippen LogP contribution in [0.15, 0.2) is 28.7 Å². The average Bonchev–Trinajstić information content (AvgIpc) is 2.43. The van der Waals surface area contributed by atoms with Gasteiger partial charge in [0.05, 0.1) is 6.61 Å². The number of likely N-dealkylation sites (N-methyl/N-ethyl adjacent to an activating group) is 1. The van der Waals surface area contributed by atoms with Crippen molar-refractivity contribution in [1.29, 1.82) is 0 Å². The minimum absolute atomic E-state index is 0.396. The number of nitrogens with zero attached hydrogens (tertiary/aromatic N) is 1. The summed E-state index contributed by atoms with van der Waals surface area (Å²) in [5, 5.41) is 0. The normalized spacial score (nSPS) is 21.6. The largest absolute Gasteiger partial charge is 0.381 e. The van der Waals surface area contributed by atoms with Crippen LogP contribution < -0.4 is 5.73 Å². The van der Waals surface area contributed by atoms with Gasteiger partial charge in [-0.05, 0) is 37.4 Å². The lowest BCUT2D eigenvalue weighted by Gasteiger charge is -2.36. The summed E-state index contributed by atoms with van der Waals surface area (Å²) in [7, 11) is 2.16. The summed E-state index contributed by atoms with van der Waals surface area (Å²) in [6.07, 6.45) is 2.38. The molecule has 0 bridgehead atoms. The lowest BCUT2D eigenvalue weighted by atomic mass is 9.92. The highest BCUT2D eigenvalue weighted by molar-refractivity contribution is 9.10. The summed E-state index contributed by atoms with van der Waals surface area (Å²) in [4.78, 5) is 2.36. The fourth-order valence-electron chi connectivity index (χ4n) is 2.81. The van der Waals surface area contributed by atoms with Crippen LogP contribution in [0.25, 0.3) is 0 Å². The van der Waals surface area contributed by atoms with Crippen LogP contribution in [0.2, 0.25) is 0 Å². The Balaban J connectivity index is 2.00. The lowest BCUT2D eigenvalue weighted by molar-refractivity contribution is 0.0156. The Kier molecular flexibility index (Phi) is 5.82. The van der Waals surface area contributed by atoms with Crippen molar-refractivity contribution in [1.82, 2.24) is 4.90 Å². The number of benzene rings is 1. The van der Waals surface area contributed by atoms with Crippen molar-refractivity contribution in [2.24, 2.45) is 11.7 Å². The van der Waals surface area contributed by atoms with Gasteiger partial charge in [-0.3, -0.25) is 4.90 Å². The molecule has 2 atom stereocenters. The summed E-state index contributed by atoms with van der Waals surface area (Å²) in [5.41, 5.74) is 7.29. The standard InChI is InChI=1S/C15H23BrN2O/c1-18(10-12-5-2-3-7-14(12)16)15(9-17)13-6-4-8-19-11-13/h2-3,5,7,13,15H,4,6,8-11,17H2,1H3. The molecule has 1 heterocycles. The zero-order valence-corrected chi connectivity index (χ0v) is 13.1. The molecule has 1 aromatic rings. The van der Waals surface area contributed by atoms with Crippen molar-refractivity contribution < 1.29 is 4.74 Å². The summed E-state index contributed by atoms with van der Waals surface area (Å²) in [5.74, 6) is 0.561. The van der Waals surface area contributed by atoms with Crippen molar-refractivity contribution >= 4 is 15.9 Å². The van der Waals surface area contributed by atoms with Gasteiger partial charge < -0.3 is 10.5 Å². The van der Waals surface area contributed by atoms with Crippen molar-refractivity contribution in [2.75, 3.05) is 26.8 Å². The van der Waals surface area contributed by atoms with Crippen molar-refractivity contribution in [3.05, 3.63) is 34.3 Å². The molecule has 1 aliphatic rings. The minimum atomic E-state index is 0.396. The molecular weight excluding hydrogens is 304 g/mol. The number of nitrogens with two attached hydrogens (primary N) is 1. The summed E-state index contributed by atoms with van der Waals surface area (Å²) in [6.45, 7) is 3.36. The van der Waals surface area contributed by atoms with Crippen molar-refractivity contribution in [3.63, 3.8) is 0 Å². The maximum absolute atomic E-state index is 5.99. The van der Waals surface area contributed by atoms with Crippen molar-refractivity contribution in [3.8, 4) is 0 Å². The molecule has 0 saturated carbocycles. The molecule has 19 heavy (non-hydrogen) atoms. The first-order valence-electron chi connectivity index (χ1n) is 6.94. The maximum atomic E-state index is 5.99. The topological polar surface area (TPSA) is 38.5 Å². The molecule has 3 nitrogen and oxygen atoms in total. The van der Waals surface area contributed by atoms with Gasteiger partial charge in [0.1, 0.15) is 0 Å². The van der Waals surface area contributed by atoms with Crippen LogP contribution in [0.4, 0.5) is 0 Å². The van der Waals surface area contributed by atoms with Gasteiger partial charge in [0.25, 0.3) is 0 Å². The van der Waals surface area contributed by atoms with E-state index in [4.69, 9.17) is 10.5 Å². The SMILES string of the molecule is CN(Cc1ccccc1Br)C(CN)C1CCCOC1. The second kappa shape index (κ2) is 7.39. The van der Waals surface area contributed by atoms with Gasteiger partial charge in [0.15, 0.2) is 0 Å².